The molecule has 0 saturated carbocycles. The smallest absolute Gasteiger partial charge is 0.266 e. The lowest BCUT2D eigenvalue weighted by Gasteiger charge is -1.96. The van der Waals surface area contributed by atoms with Crippen molar-refractivity contribution in [2.75, 3.05) is 13.2 Å². The van der Waals surface area contributed by atoms with Gasteiger partial charge < -0.3 is 5.73 Å². The molecule has 0 aromatic heterocycles. The van der Waals surface area contributed by atoms with Crippen molar-refractivity contribution >= 4 is 20.2 Å². The Morgan fingerprint density at radius 2 is 2.38 bits per heavy atom. The molecular weight excluding hydrogens is 150 g/mol. The fourth-order valence-corrected chi connectivity index (χ4v) is 0.664. The van der Waals surface area contributed by atoms with E-state index in [9.17, 15) is 4.21 Å². The van der Waals surface area contributed by atoms with Crippen molar-refractivity contribution < 1.29 is 12.9 Å². The van der Waals surface area contributed by atoms with Gasteiger partial charge in [-0.05, 0) is 0 Å². The monoisotopic (exact) mass is 157 g/mol. The van der Waals surface area contributed by atoms with E-state index in [4.69, 9.17) is 10.3 Å². The van der Waals surface area contributed by atoms with Crippen molar-refractivity contribution in [1.29, 1.82) is 0 Å². The van der Waals surface area contributed by atoms with E-state index < -0.39 is 9.05 Å². The second-order valence-corrected chi connectivity index (χ2v) is 3.39. The van der Waals surface area contributed by atoms with Crippen LogP contribution in [0.15, 0.2) is 0 Å². The van der Waals surface area contributed by atoms with Gasteiger partial charge in [-0.25, -0.2) is 0 Å². The Morgan fingerprint density at radius 1 is 1.88 bits per heavy atom. The van der Waals surface area contributed by atoms with E-state index in [0.717, 1.165) is 0 Å². The summed E-state index contributed by atoms with van der Waals surface area (Å²) in [6.07, 6.45) is 0. The lowest BCUT2D eigenvalue weighted by molar-refractivity contribution is 0.313. The molecule has 0 aromatic rings. The van der Waals surface area contributed by atoms with Gasteiger partial charge in [-0.15, -0.1) is 0 Å². The third-order valence-corrected chi connectivity index (χ3v) is 1.10. The molecule has 0 spiro atoms. The van der Waals surface area contributed by atoms with E-state index in [1.807, 2.05) is 0 Å². The van der Waals surface area contributed by atoms with Gasteiger partial charge in [0.25, 0.3) is 9.05 Å². The molecule has 0 fully saturated rings. The quantitative estimate of drug-likeness (QED) is 0.555. The van der Waals surface area contributed by atoms with Gasteiger partial charge in [-0.2, -0.15) is 4.21 Å². The summed E-state index contributed by atoms with van der Waals surface area (Å²) in [5.74, 6) is 0. The lowest BCUT2D eigenvalue weighted by atomic mass is 10.8. The minimum atomic E-state index is -3.43. The Bertz CT molecular complexity index is 139. The van der Waals surface area contributed by atoms with Crippen LogP contribution in [0.3, 0.4) is 0 Å². The topological polar surface area (TPSA) is 72.5 Å². The van der Waals surface area contributed by atoms with Crippen molar-refractivity contribution in [3.63, 3.8) is 0 Å². The molecular formula is C2H7NO3S2. The maximum atomic E-state index is 10.0. The predicted octanol–water partition coefficient (Wildman–Crippen LogP) is -0.904. The number of hydrogen-bond donors (Lipinski definition) is 2. The standard InChI is InChI=1S/C2H7NO3S2/c3-1-2-6-8(4,5)7/h1-3H2,(H,4,5,7). The normalized spacial score (nSPS) is 17.8. The van der Waals surface area contributed by atoms with Crippen molar-refractivity contribution in [3.8, 4) is 0 Å². The zero-order valence-electron chi connectivity index (χ0n) is 4.07. The maximum Gasteiger partial charge on any atom is 0.266 e. The molecule has 0 aliphatic heterocycles. The van der Waals surface area contributed by atoms with Gasteiger partial charge in [0.05, 0.1) is 6.61 Å². The van der Waals surface area contributed by atoms with Crippen LogP contribution in [0, 0.1) is 0 Å². The van der Waals surface area contributed by atoms with Gasteiger partial charge >= 0.3 is 0 Å². The minimum Gasteiger partial charge on any atom is -0.328 e. The Hall–Kier alpha value is 0.250. The van der Waals surface area contributed by atoms with Gasteiger partial charge in [-0.1, -0.05) is 0 Å². The van der Waals surface area contributed by atoms with Crippen LogP contribution in [0.1, 0.15) is 0 Å². The Balaban J connectivity index is 3.42. The molecule has 0 bridgehead atoms. The molecule has 4 nitrogen and oxygen atoms in total. The van der Waals surface area contributed by atoms with Gasteiger partial charge in [0, 0.05) is 17.7 Å². The van der Waals surface area contributed by atoms with Crippen molar-refractivity contribution in [3.05, 3.63) is 0 Å². The molecule has 0 amide bonds. The molecule has 0 saturated heterocycles. The summed E-state index contributed by atoms with van der Waals surface area (Å²) in [7, 11) is -3.43. The fraction of sp³-hybridized carbons (Fsp3) is 1.00. The summed E-state index contributed by atoms with van der Waals surface area (Å²) in [5, 5.41) is 0. The lowest BCUT2D eigenvalue weighted by Crippen LogP contribution is -2.12. The molecule has 8 heavy (non-hydrogen) atoms. The number of rotatable bonds is 3. The summed E-state index contributed by atoms with van der Waals surface area (Å²) < 4.78 is 22.4. The summed E-state index contributed by atoms with van der Waals surface area (Å²) in [5.41, 5.74) is 4.93. The second kappa shape index (κ2) is 3.31. The SMILES string of the molecule is NCCOS(=O)(O)=S. The van der Waals surface area contributed by atoms with Crippen molar-refractivity contribution in [2.45, 2.75) is 0 Å². The third kappa shape index (κ3) is 6.25. The highest BCUT2D eigenvalue weighted by Gasteiger charge is 1.95. The van der Waals surface area contributed by atoms with Crippen LogP contribution in [0.2, 0.25) is 0 Å². The van der Waals surface area contributed by atoms with Gasteiger partial charge in [0.2, 0.25) is 0 Å². The van der Waals surface area contributed by atoms with Crippen LogP contribution in [-0.2, 0) is 24.4 Å². The molecule has 1 unspecified atom stereocenters. The first-order chi connectivity index (χ1) is 3.56. The first-order valence-electron chi connectivity index (χ1n) is 1.88. The Morgan fingerprint density at radius 3 is 2.50 bits per heavy atom. The van der Waals surface area contributed by atoms with Crippen molar-refractivity contribution in [2.24, 2.45) is 5.73 Å². The van der Waals surface area contributed by atoms with E-state index in [0.29, 0.717) is 0 Å². The molecule has 3 N–H and O–H groups in total. The van der Waals surface area contributed by atoms with Crippen LogP contribution < -0.4 is 5.73 Å². The fourth-order valence-electron chi connectivity index (χ4n) is 0.153. The molecule has 0 aliphatic rings. The highest BCUT2D eigenvalue weighted by Crippen LogP contribution is 1.82. The first-order valence-corrected chi connectivity index (χ1v) is 4.24. The Labute approximate surface area is 52.7 Å². The molecule has 0 rings (SSSR count). The van der Waals surface area contributed by atoms with Crippen LogP contribution >= 0.6 is 0 Å². The average molecular weight is 157 g/mol. The highest BCUT2D eigenvalue weighted by atomic mass is 32.9. The summed E-state index contributed by atoms with van der Waals surface area (Å²) in [4.78, 5) is 0. The van der Waals surface area contributed by atoms with Crippen LogP contribution in [0.4, 0.5) is 0 Å². The number of hydrogen-bond acceptors (Lipinski definition) is 4. The summed E-state index contributed by atoms with van der Waals surface area (Å²) in [6.45, 7) is 0.229. The zero-order chi connectivity index (χ0) is 6.62. The maximum absolute atomic E-state index is 10.0. The minimum absolute atomic E-state index is 0.0266. The summed E-state index contributed by atoms with van der Waals surface area (Å²) >= 11 is 3.96. The Kier molecular flexibility index (Phi) is 3.41. The molecule has 1 atom stereocenters. The van der Waals surface area contributed by atoms with Crippen molar-refractivity contribution in [1.82, 2.24) is 0 Å². The summed E-state index contributed by atoms with van der Waals surface area (Å²) in [6, 6.07) is 0. The van der Waals surface area contributed by atoms with E-state index in [1.54, 1.807) is 0 Å². The van der Waals surface area contributed by atoms with E-state index in [2.05, 4.69) is 15.4 Å². The third-order valence-electron chi connectivity index (χ3n) is 0.350. The van der Waals surface area contributed by atoms with E-state index in [-0.39, 0.29) is 13.2 Å². The zero-order valence-corrected chi connectivity index (χ0v) is 5.70. The highest BCUT2D eigenvalue weighted by molar-refractivity contribution is 8.27. The van der Waals surface area contributed by atoms with E-state index in [1.165, 1.54) is 0 Å². The first kappa shape index (κ1) is 8.25. The molecule has 0 aromatic carbocycles. The average Bonchev–Trinajstić information content (AvgIpc) is 1.59. The molecule has 0 heterocycles. The van der Waals surface area contributed by atoms with Crippen LogP contribution in [0.25, 0.3) is 0 Å². The van der Waals surface area contributed by atoms with Gasteiger partial charge in [0.15, 0.2) is 0 Å². The van der Waals surface area contributed by atoms with E-state index >= 15 is 0 Å². The van der Waals surface area contributed by atoms with Crippen LogP contribution in [-0.4, -0.2) is 21.9 Å². The predicted molar refractivity (Wildman–Crippen MR) is 33.1 cm³/mol. The largest absolute Gasteiger partial charge is 0.328 e. The molecule has 50 valence electrons. The van der Waals surface area contributed by atoms with Gasteiger partial charge in [-0.3, -0.25) is 8.74 Å². The van der Waals surface area contributed by atoms with Gasteiger partial charge in [0.1, 0.15) is 0 Å². The molecule has 6 heteroatoms. The molecule has 0 aliphatic carbocycles. The number of nitrogens with two attached hydrogens (primary N) is 1. The second-order valence-electron chi connectivity index (χ2n) is 1.04. The van der Waals surface area contributed by atoms with Crippen LogP contribution in [0.5, 0.6) is 0 Å². The molecule has 0 radical (unpaired) electrons.